The average Bonchev–Trinajstić information content (AvgIpc) is 2.69. The van der Waals surface area contributed by atoms with Crippen LogP contribution in [0.4, 0.5) is 0 Å². The SMILES string of the molecule is CC(C)C(C)C1(C)C2CC21. The van der Waals surface area contributed by atoms with Gasteiger partial charge in [0.05, 0.1) is 0 Å². The van der Waals surface area contributed by atoms with E-state index < -0.39 is 0 Å². The standard InChI is InChI=1S/C10H18/c1-6(2)7(3)10(4)8-5-9(8)10/h6-9H,5H2,1-4H3. The van der Waals surface area contributed by atoms with Crippen molar-refractivity contribution >= 4 is 0 Å². The van der Waals surface area contributed by atoms with Gasteiger partial charge in [0.1, 0.15) is 0 Å². The van der Waals surface area contributed by atoms with E-state index in [1.807, 2.05) is 0 Å². The minimum Gasteiger partial charge on any atom is -0.0625 e. The molecule has 0 amide bonds. The van der Waals surface area contributed by atoms with E-state index in [4.69, 9.17) is 0 Å². The maximum Gasteiger partial charge on any atom is -0.0235 e. The van der Waals surface area contributed by atoms with Crippen LogP contribution < -0.4 is 0 Å². The molecule has 10 heavy (non-hydrogen) atoms. The molecule has 0 aromatic heterocycles. The Morgan fingerprint density at radius 3 is 1.80 bits per heavy atom. The lowest BCUT2D eigenvalue weighted by molar-refractivity contribution is 0.206. The van der Waals surface area contributed by atoms with Gasteiger partial charge in [-0.05, 0) is 35.5 Å². The van der Waals surface area contributed by atoms with Gasteiger partial charge in [0.15, 0.2) is 0 Å². The molecule has 0 nitrogen and oxygen atoms in total. The van der Waals surface area contributed by atoms with Crippen molar-refractivity contribution in [2.24, 2.45) is 29.1 Å². The Morgan fingerprint density at radius 1 is 1.20 bits per heavy atom. The fourth-order valence-electron chi connectivity index (χ4n) is 2.66. The summed E-state index contributed by atoms with van der Waals surface area (Å²) >= 11 is 0. The van der Waals surface area contributed by atoms with Gasteiger partial charge in [-0.25, -0.2) is 0 Å². The average molecular weight is 138 g/mol. The predicted octanol–water partition coefficient (Wildman–Crippen LogP) is 2.93. The summed E-state index contributed by atoms with van der Waals surface area (Å²) in [5.41, 5.74) is 0.786. The molecule has 3 unspecified atom stereocenters. The van der Waals surface area contributed by atoms with Crippen molar-refractivity contribution in [3.8, 4) is 0 Å². The van der Waals surface area contributed by atoms with Crippen LogP contribution in [0.5, 0.6) is 0 Å². The van der Waals surface area contributed by atoms with Gasteiger partial charge in [0, 0.05) is 0 Å². The highest BCUT2D eigenvalue weighted by molar-refractivity contribution is 5.22. The summed E-state index contributed by atoms with van der Waals surface area (Å²) in [6.45, 7) is 9.62. The Labute approximate surface area is 64.0 Å². The summed E-state index contributed by atoms with van der Waals surface area (Å²) in [6.07, 6.45) is 1.55. The van der Waals surface area contributed by atoms with Crippen molar-refractivity contribution in [1.82, 2.24) is 0 Å². The Kier molecular flexibility index (Phi) is 1.07. The number of hydrogen-bond acceptors (Lipinski definition) is 0. The third kappa shape index (κ3) is 0.580. The van der Waals surface area contributed by atoms with Crippen LogP contribution in [0.2, 0.25) is 0 Å². The molecule has 0 aromatic carbocycles. The molecule has 0 aromatic rings. The van der Waals surface area contributed by atoms with E-state index in [-0.39, 0.29) is 0 Å². The molecule has 2 aliphatic rings. The molecule has 3 atom stereocenters. The summed E-state index contributed by atoms with van der Waals surface area (Å²) in [7, 11) is 0. The van der Waals surface area contributed by atoms with Crippen LogP contribution in [0.1, 0.15) is 34.1 Å². The highest BCUT2D eigenvalue weighted by Crippen LogP contribution is 2.80. The van der Waals surface area contributed by atoms with Crippen molar-refractivity contribution in [3.05, 3.63) is 0 Å². The molecular formula is C10H18. The van der Waals surface area contributed by atoms with E-state index in [2.05, 4.69) is 27.7 Å². The van der Waals surface area contributed by atoms with Crippen LogP contribution >= 0.6 is 0 Å². The Balaban J connectivity index is 2.00. The first-order chi connectivity index (χ1) is 4.58. The molecule has 0 N–H and O–H groups in total. The molecule has 0 aliphatic heterocycles. The van der Waals surface area contributed by atoms with E-state index in [1.165, 1.54) is 0 Å². The molecule has 2 fully saturated rings. The zero-order valence-electron chi connectivity index (χ0n) is 7.52. The fraction of sp³-hybridized carbons (Fsp3) is 1.00. The first-order valence-electron chi connectivity index (χ1n) is 4.58. The lowest BCUT2D eigenvalue weighted by atomic mass is 9.77. The van der Waals surface area contributed by atoms with Gasteiger partial charge in [-0.3, -0.25) is 0 Å². The minimum absolute atomic E-state index is 0.786. The summed E-state index contributed by atoms with van der Waals surface area (Å²) in [5.74, 6) is 4.13. The lowest BCUT2D eigenvalue weighted by Crippen LogP contribution is -2.21. The van der Waals surface area contributed by atoms with Crippen LogP contribution in [0.15, 0.2) is 0 Å². The molecule has 2 saturated carbocycles. The molecular weight excluding hydrogens is 120 g/mol. The van der Waals surface area contributed by atoms with Crippen LogP contribution in [0.3, 0.4) is 0 Å². The Morgan fingerprint density at radius 2 is 1.70 bits per heavy atom. The van der Waals surface area contributed by atoms with E-state index in [0.29, 0.717) is 0 Å². The van der Waals surface area contributed by atoms with Crippen molar-refractivity contribution in [1.29, 1.82) is 0 Å². The van der Waals surface area contributed by atoms with Crippen molar-refractivity contribution in [3.63, 3.8) is 0 Å². The number of fused-ring (bicyclic) bond motifs is 1. The van der Waals surface area contributed by atoms with E-state index in [1.54, 1.807) is 6.42 Å². The van der Waals surface area contributed by atoms with Gasteiger partial charge >= 0.3 is 0 Å². The van der Waals surface area contributed by atoms with Gasteiger partial charge in [-0.2, -0.15) is 0 Å². The van der Waals surface area contributed by atoms with Crippen molar-refractivity contribution < 1.29 is 0 Å². The normalized spacial score (nSPS) is 52.5. The van der Waals surface area contributed by atoms with Gasteiger partial charge in [-0.15, -0.1) is 0 Å². The zero-order valence-corrected chi connectivity index (χ0v) is 7.52. The number of hydrogen-bond donors (Lipinski definition) is 0. The largest absolute Gasteiger partial charge is 0.0625 e. The fourth-order valence-corrected chi connectivity index (χ4v) is 2.66. The summed E-state index contributed by atoms with van der Waals surface area (Å²) in [5, 5.41) is 0. The molecule has 58 valence electrons. The molecule has 0 saturated heterocycles. The monoisotopic (exact) mass is 138 g/mol. The third-order valence-corrected chi connectivity index (χ3v) is 4.26. The van der Waals surface area contributed by atoms with Crippen LogP contribution in [0.25, 0.3) is 0 Å². The molecule has 2 rings (SSSR count). The maximum atomic E-state index is 2.48. The van der Waals surface area contributed by atoms with Crippen LogP contribution in [0, 0.1) is 29.1 Å². The topological polar surface area (TPSA) is 0 Å². The van der Waals surface area contributed by atoms with E-state index in [9.17, 15) is 0 Å². The highest BCUT2D eigenvalue weighted by atomic mass is 14.8. The summed E-state index contributed by atoms with van der Waals surface area (Å²) in [6, 6.07) is 0. The zero-order chi connectivity index (χ0) is 7.52. The molecule has 0 heteroatoms. The second-order valence-corrected chi connectivity index (χ2v) is 4.85. The molecule has 0 heterocycles. The van der Waals surface area contributed by atoms with E-state index in [0.717, 1.165) is 29.1 Å². The van der Waals surface area contributed by atoms with Crippen molar-refractivity contribution in [2.75, 3.05) is 0 Å². The smallest absolute Gasteiger partial charge is 0.0235 e. The van der Waals surface area contributed by atoms with Gasteiger partial charge in [0.25, 0.3) is 0 Å². The van der Waals surface area contributed by atoms with Crippen LogP contribution in [-0.4, -0.2) is 0 Å². The summed E-state index contributed by atoms with van der Waals surface area (Å²) in [4.78, 5) is 0. The predicted molar refractivity (Wildman–Crippen MR) is 43.7 cm³/mol. The second kappa shape index (κ2) is 1.60. The Bertz CT molecular complexity index is 149. The lowest BCUT2D eigenvalue weighted by Gasteiger charge is -2.28. The molecule has 0 bridgehead atoms. The first kappa shape index (κ1) is 6.69. The van der Waals surface area contributed by atoms with Gasteiger partial charge < -0.3 is 0 Å². The van der Waals surface area contributed by atoms with Gasteiger partial charge in [-0.1, -0.05) is 27.7 Å². The molecule has 0 spiro atoms. The maximum absolute atomic E-state index is 2.48. The number of rotatable bonds is 2. The Hall–Kier alpha value is 0. The van der Waals surface area contributed by atoms with E-state index >= 15 is 0 Å². The van der Waals surface area contributed by atoms with Crippen molar-refractivity contribution in [2.45, 2.75) is 34.1 Å². The molecule has 0 radical (unpaired) electrons. The first-order valence-corrected chi connectivity index (χ1v) is 4.58. The third-order valence-electron chi connectivity index (χ3n) is 4.26. The van der Waals surface area contributed by atoms with Gasteiger partial charge in [0.2, 0.25) is 0 Å². The van der Waals surface area contributed by atoms with Crippen LogP contribution in [-0.2, 0) is 0 Å². The second-order valence-electron chi connectivity index (χ2n) is 4.85. The highest BCUT2D eigenvalue weighted by Gasteiger charge is 2.75. The summed E-state index contributed by atoms with van der Waals surface area (Å²) < 4.78 is 0. The minimum atomic E-state index is 0.786. The molecule has 2 aliphatic carbocycles. The quantitative estimate of drug-likeness (QED) is 0.550.